The molecule has 118 valence electrons. The summed E-state index contributed by atoms with van der Waals surface area (Å²) >= 11 is 17.0. The third kappa shape index (κ3) is 4.48. The molecule has 0 radical (unpaired) electrons. The van der Waals surface area contributed by atoms with Gasteiger partial charge in [0.1, 0.15) is 0 Å². The van der Waals surface area contributed by atoms with Gasteiger partial charge in [-0.15, -0.1) is 0 Å². The van der Waals surface area contributed by atoms with Gasteiger partial charge in [-0.25, -0.2) is 4.98 Å². The standard InChI is InChI=1S/C11H9ClN2.C5H4Cl2N2/c12-9-6-7-14-11(10(9)13)8-4-2-1-3-5-8;6-3-1-2-9-5(7)4(3)8/h1-7H,13H2;1-2H,8H2. The van der Waals surface area contributed by atoms with Crippen LogP contribution < -0.4 is 11.5 Å². The summed E-state index contributed by atoms with van der Waals surface area (Å²) in [6.45, 7) is 0. The van der Waals surface area contributed by atoms with Gasteiger partial charge in [0.05, 0.1) is 27.1 Å². The maximum absolute atomic E-state index is 5.90. The van der Waals surface area contributed by atoms with Gasteiger partial charge in [-0.3, -0.25) is 4.98 Å². The summed E-state index contributed by atoms with van der Waals surface area (Å²) in [4.78, 5) is 7.90. The Balaban J connectivity index is 0.000000185. The van der Waals surface area contributed by atoms with Gasteiger partial charge in [0, 0.05) is 18.0 Å². The summed E-state index contributed by atoms with van der Waals surface area (Å²) < 4.78 is 0. The van der Waals surface area contributed by atoms with Crippen molar-refractivity contribution in [2.75, 3.05) is 11.5 Å². The molecule has 0 atom stereocenters. The highest BCUT2D eigenvalue weighted by atomic mass is 35.5. The molecule has 4 N–H and O–H groups in total. The van der Waals surface area contributed by atoms with Gasteiger partial charge in [-0.1, -0.05) is 65.1 Å². The lowest BCUT2D eigenvalue weighted by atomic mass is 10.1. The zero-order valence-corrected chi connectivity index (χ0v) is 14.1. The highest BCUT2D eigenvalue weighted by molar-refractivity contribution is 6.38. The monoisotopic (exact) mass is 366 g/mol. The molecule has 0 unspecified atom stereocenters. The fraction of sp³-hybridized carbons (Fsp3) is 0. The molecule has 3 rings (SSSR count). The Kier molecular flexibility index (Phi) is 6.04. The molecule has 0 aliphatic heterocycles. The number of hydrogen-bond acceptors (Lipinski definition) is 4. The summed E-state index contributed by atoms with van der Waals surface area (Å²) in [5, 5.41) is 1.23. The summed E-state index contributed by atoms with van der Waals surface area (Å²) in [7, 11) is 0. The maximum Gasteiger partial charge on any atom is 0.153 e. The Morgan fingerprint density at radius 3 is 1.83 bits per heavy atom. The number of nitrogens with zero attached hydrogens (tertiary/aromatic N) is 2. The van der Waals surface area contributed by atoms with E-state index < -0.39 is 0 Å². The van der Waals surface area contributed by atoms with Crippen LogP contribution in [-0.4, -0.2) is 9.97 Å². The number of pyridine rings is 2. The van der Waals surface area contributed by atoms with Crippen LogP contribution in [0.25, 0.3) is 11.3 Å². The largest absolute Gasteiger partial charge is 0.396 e. The van der Waals surface area contributed by atoms with E-state index in [1.54, 1.807) is 18.3 Å². The van der Waals surface area contributed by atoms with E-state index in [0.29, 0.717) is 21.4 Å². The van der Waals surface area contributed by atoms with E-state index in [4.69, 9.17) is 46.3 Å². The number of halogens is 3. The molecule has 0 fully saturated rings. The average Bonchev–Trinajstić information content (AvgIpc) is 2.56. The van der Waals surface area contributed by atoms with E-state index in [1.165, 1.54) is 6.20 Å². The summed E-state index contributed by atoms with van der Waals surface area (Å²) in [6.07, 6.45) is 3.15. The molecule has 0 saturated carbocycles. The number of hydrogen-bond donors (Lipinski definition) is 2. The third-order valence-electron chi connectivity index (χ3n) is 2.87. The highest BCUT2D eigenvalue weighted by Crippen LogP contribution is 2.28. The van der Waals surface area contributed by atoms with Gasteiger partial charge in [-0.05, 0) is 12.1 Å². The van der Waals surface area contributed by atoms with E-state index in [9.17, 15) is 0 Å². The maximum atomic E-state index is 5.90. The van der Waals surface area contributed by atoms with Crippen LogP contribution in [0.2, 0.25) is 15.2 Å². The van der Waals surface area contributed by atoms with Crippen molar-refractivity contribution in [3.05, 3.63) is 70.1 Å². The predicted molar refractivity (Wildman–Crippen MR) is 97.8 cm³/mol. The zero-order chi connectivity index (χ0) is 16.8. The van der Waals surface area contributed by atoms with E-state index in [1.807, 2.05) is 30.3 Å². The lowest BCUT2D eigenvalue weighted by molar-refractivity contribution is 1.33. The highest BCUT2D eigenvalue weighted by Gasteiger charge is 2.05. The smallest absolute Gasteiger partial charge is 0.153 e. The normalized spacial score (nSPS) is 9.87. The van der Waals surface area contributed by atoms with Crippen LogP contribution >= 0.6 is 34.8 Å². The second-order valence-corrected chi connectivity index (χ2v) is 5.59. The lowest BCUT2D eigenvalue weighted by Gasteiger charge is -2.05. The molecule has 0 saturated heterocycles. The van der Waals surface area contributed by atoms with Crippen LogP contribution in [0.4, 0.5) is 11.4 Å². The summed E-state index contributed by atoms with van der Waals surface area (Å²) in [5.41, 5.74) is 13.8. The molecule has 4 nitrogen and oxygen atoms in total. The molecule has 3 aromatic rings. The van der Waals surface area contributed by atoms with Gasteiger partial charge in [0.15, 0.2) is 5.15 Å². The van der Waals surface area contributed by atoms with Crippen molar-refractivity contribution < 1.29 is 0 Å². The van der Waals surface area contributed by atoms with Gasteiger partial charge < -0.3 is 11.5 Å². The molecule has 2 heterocycles. The number of rotatable bonds is 1. The van der Waals surface area contributed by atoms with Gasteiger partial charge in [0.2, 0.25) is 0 Å². The molecule has 7 heteroatoms. The average molecular weight is 368 g/mol. The number of nitrogens with two attached hydrogens (primary N) is 2. The summed E-state index contributed by atoms with van der Waals surface area (Å²) in [6, 6.07) is 13.0. The predicted octanol–water partition coefficient (Wildman–Crippen LogP) is 4.95. The van der Waals surface area contributed by atoms with Crippen LogP contribution in [-0.2, 0) is 0 Å². The van der Waals surface area contributed by atoms with Crippen LogP contribution in [0, 0.1) is 0 Å². The molecule has 0 aliphatic rings. The molecule has 1 aromatic carbocycles. The lowest BCUT2D eigenvalue weighted by Crippen LogP contribution is -1.93. The number of benzene rings is 1. The second-order valence-electron chi connectivity index (χ2n) is 4.42. The topological polar surface area (TPSA) is 77.8 Å². The molecule has 0 amide bonds. The number of anilines is 2. The molecule has 23 heavy (non-hydrogen) atoms. The van der Waals surface area contributed by atoms with E-state index in [-0.39, 0.29) is 5.15 Å². The first-order chi connectivity index (χ1) is 11.0. The third-order valence-corrected chi connectivity index (χ3v) is 3.83. The van der Waals surface area contributed by atoms with Crippen molar-refractivity contribution >= 4 is 46.2 Å². The van der Waals surface area contributed by atoms with Crippen molar-refractivity contribution in [1.29, 1.82) is 0 Å². The molecular formula is C16H13Cl3N4. The Morgan fingerprint density at radius 1 is 0.696 bits per heavy atom. The molecule has 2 aromatic heterocycles. The minimum absolute atomic E-state index is 0.252. The number of nitrogen functional groups attached to an aromatic ring is 2. The molecular weight excluding hydrogens is 355 g/mol. The van der Waals surface area contributed by atoms with E-state index in [2.05, 4.69) is 9.97 Å². The molecule has 0 bridgehead atoms. The van der Waals surface area contributed by atoms with Crippen molar-refractivity contribution in [3.63, 3.8) is 0 Å². The van der Waals surface area contributed by atoms with Crippen molar-refractivity contribution in [3.8, 4) is 11.3 Å². The fourth-order valence-corrected chi connectivity index (χ4v) is 2.20. The van der Waals surface area contributed by atoms with Gasteiger partial charge >= 0.3 is 0 Å². The first-order valence-corrected chi connectivity index (χ1v) is 7.65. The Labute approximate surface area is 149 Å². The van der Waals surface area contributed by atoms with Crippen molar-refractivity contribution in [2.24, 2.45) is 0 Å². The Bertz CT molecular complexity index is 774. The molecule has 0 aliphatic carbocycles. The van der Waals surface area contributed by atoms with Gasteiger partial charge in [-0.2, -0.15) is 0 Å². The summed E-state index contributed by atoms with van der Waals surface area (Å²) in [5.74, 6) is 0. The SMILES string of the molecule is Nc1c(Cl)ccnc1-c1ccccc1.Nc1c(Cl)ccnc1Cl. The minimum Gasteiger partial charge on any atom is -0.396 e. The number of aromatic nitrogens is 2. The minimum atomic E-state index is 0.252. The van der Waals surface area contributed by atoms with Crippen molar-refractivity contribution in [2.45, 2.75) is 0 Å². The van der Waals surface area contributed by atoms with E-state index in [0.717, 1.165) is 11.3 Å². The molecule has 0 spiro atoms. The van der Waals surface area contributed by atoms with Gasteiger partial charge in [0.25, 0.3) is 0 Å². The first-order valence-electron chi connectivity index (χ1n) is 6.51. The second kappa shape index (κ2) is 8.02. The van der Waals surface area contributed by atoms with Crippen LogP contribution in [0.5, 0.6) is 0 Å². The van der Waals surface area contributed by atoms with E-state index >= 15 is 0 Å². The zero-order valence-electron chi connectivity index (χ0n) is 11.9. The Morgan fingerprint density at radius 2 is 1.26 bits per heavy atom. The van der Waals surface area contributed by atoms with Crippen LogP contribution in [0.1, 0.15) is 0 Å². The quantitative estimate of drug-likeness (QED) is 0.596. The fourth-order valence-electron chi connectivity index (χ4n) is 1.70. The Hall–Kier alpha value is -2.01. The van der Waals surface area contributed by atoms with Crippen LogP contribution in [0.3, 0.4) is 0 Å². The van der Waals surface area contributed by atoms with Crippen molar-refractivity contribution in [1.82, 2.24) is 9.97 Å². The first kappa shape index (κ1) is 17.3. The van der Waals surface area contributed by atoms with Crippen LogP contribution in [0.15, 0.2) is 54.9 Å².